The number of carbonyl (C=O) groups excluding carboxylic acids is 1. The molecule has 1 aromatic carbocycles. The average Bonchev–Trinajstić information content (AvgIpc) is 2.92. The summed E-state index contributed by atoms with van der Waals surface area (Å²) in [5.41, 5.74) is 0.136. The predicted molar refractivity (Wildman–Crippen MR) is 100 cm³/mol. The number of carbonyl (C=O) groups is 1. The summed E-state index contributed by atoms with van der Waals surface area (Å²) in [6.45, 7) is 9.06. The summed E-state index contributed by atoms with van der Waals surface area (Å²) >= 11 is 5.49. The number of nitro groups is 1. The molecule has 0 radical (unpaired) electrons. The summed E-state index contributed by atoms with van der Waals surface area (Å²) in [5.74, 6) is -0.0621. The molecule has 10 heteroatoms. The van der Waals surface area contributed by atoms with Crippen molar-refractivity contribution in [1.29, 1.82) is 0 Å². The van der Waals surface area contributed by atoms with Gasteiger partial charge in [0.05, 0.1) is 11.0 Å². The van der Waals surface area contributed by atoms with E-state index < -0.39 is 22.7 Å². The molecule has 140 valence electrons. The molecule has 1 heterocycles. The first-order chi connectivity index (χ1) is 12.0. The molecule has 0 saturated carbocycles. The maximum atomic E-state index is 12.1. The fourth-order valence-electron chi connectivity index (χ4n) is 2.26. The van der Waals surface area contributed by atoms with Gasteiger partial charge in [-0.05, 0) is 32.8 Å². The van der Waals surface area contributed by atoms with Crippen LogP contribution in [0.1, 0.15) is 34.6 Å². The van der Waals surface area contributed by atoms with E-state index in [0.717, 1.165) is 0 Å². The van der Waals surface area contributed by atoms with Crippen molar-refractivity contribution >= 4 is 40.0 Å². The Bertz CT molecular complexity index is 856. The van der Waals surface area contributed by atoms with Gasteiger partial charge in [-0.1, -0.05) is 31.3 Å². The number of hydrogen-bond acceptors (Lipinski definition) is 7. The molecule has 26 heavy (non-hydrogen) atoms. The number of amides is 1. The van der Waals surface area contributed by atoms with Gasteiger partial charge in [0.2, 0.25) is 0 Å². The lowest BCUT2D eigenvalue weighted by atomic mass is 10.0. The van der Waals surface area contributed by atoms with E-state index in [0.29, 0.717) is 11.0 Å². The highest BCUT2D eigenvalue weighted by Gasteiger charge is 2.27. The SMILES string of the molecule is CC(C)C(NC(=O)OC(C)(C)C)C(=S)n1nnc2ccc([N+](=O)[O-])cc21. The second-order valence-corrected chi connectivity index (χ2v) is 7.56. The topological polar surface area (TPSA) is 112 Å². The van der Waals surface area contributed by atoms with Crippen LogP contribution in [-0.4, -0.2) is 42.6 Å². The van der Waals surface area contributed by atoms with Crippen molar-refractivity contribution in [3.63, 3.8) is 0 Å². The second kappa shape index (κ2) is 7.32. The van der Waals surface area contributed by atoms with Crippen molar-refractivity contribution in [2.75, 3.05) is 0 Å². The minimum atomic E-state index is -0.645. The molecule has 1 N–H and O–H groups in total. The van der Waals surface area contributed by atoms with Crippen LogP contribution in [0.2, 0.25) is 0 Å². The van der Waals surface area contributed by atoms with E-state index in [2.05, 4.69) is 15.6 Å². The van der Waals surface area contributed by atoms with Gasteiger partial charge in [-0.3, -0.25) is 10.1 Å². The Morgan fingerprint density at radius 3 is 2.58 bits per heavy atom. The first kappa shape index (κ1) is 19.7. The second-order valence-electron chi connectivity index (χ2n) is 7.14. The van der Waals surface area contributed by atoms with E-state index in [1.54, 1.807) is 20.8 Å². The maximum absolute atomic E-state index is 12.1. The van der Waals surface area contributed by atoms with E-state index >= 15 is 0 Å². The fourth-order valence-corrected chi connectivity index (χ4v) is 2.73. The zero-order valence-corrected chi connectivity index (χ0v) is 16.0. The van der Waals surface area contributed by atoms with Crippen LogP contribution in [-0.2, 0) is 4.74 Å². The molecule has 0 fully saturated rings. The lowest BCUT2D eigenvalue weighted by Gasteiger charge is -2.26. The normalized spacial score (nSPS) is 12.8. The van der Waals surface area contributed by atoms with Crippen LogP contribution in [0.25, 0.3) is 11.0 Å². The minimum Gasteiger partial charge on any atom is -0.444 e. The quantitative estimate of drug-likeness (QED) is 0.493. The predicted octanol–water partition coefficient (Wildman–Crippen LogP) is 3.06. The van der Waals surface area contributed by atoms with Crippen molar-refractivity contribution in [2.24, 2.45) is 5.92 Å². The minimum absolute atomic E-state index is 0.0621. The molecule has 0 saturated heterocycles. The van der Waals surface area contributed by atoms with Crippen LogP contribution in [0, 0.1) is 16.0 Å². The molecule has 0 bridgehead atoms. The molecule has 0 aliphatic carbocycles. The van der Waals surface area contributed by atoms with Crippen LogP contribution >= 0.6 is 12.2 Å². The summed E-state index contributed by atoms with van der Waals surface area (Å²) in [7, 11) is 0. The van der Waals surface area contributed by atoms with Gasteiger partial charge in [0.1, 0.15) is 21.6 Å². The monoisotopic (exact) mass is 379 g/mol. The van der Waals surface area contributed by atoms with Crippen LogP contribution in [0.3, 0.4) is 0 Å². The van der Waals surface area contributed by atoms with Crippen LogP contribution in [0.4, 0.5) is 10.5 Å². The van der Waals surface area contributed by atoms with Crippen LogP contribution < -0.4 is 5.32 Å². The van der Waals surface area contributed by atoms with E-state index in [9.17, 15) is 14.9 Å². The van der Waals surface area contributed by atoms with E-state index in [1.165, 1.54) is 22.9 Å². The van der Waals surface area contributed by atoms with Gasteiger partial charge in [0.25, 0.3) is 5.69 Å². The maximum Gasteiger partial charge on any atom is 0.408 e. The zero-order valence-electron chi connectivity index (χ0n) is 15.2. The lowest BCUT2D eigenvalue weighted by Crippen LogP contribution is -2.48. The summed E-state index contributed by atoms with van der Waals surface area (Å²) < 4.78 is 6.61. The zero-order chi connectivity index (χ0) is 19.6. The number of alkyl carbamates (subject to hydrolysis) is 1. The van der Waals surface area contributed by atoms with Crippen LogP contribution in [0.15, 0.2) is 18.2 Å². The van der Waals surface area contributed by atoms with Crippen molar-refractivity contribution in [2.45, 2.75) is 46.3 Å². The third kappa shape index (κ3) is 4.51. The van der Waals surface area contributed by atoms with Gasteiger partial charge >= 0.3 is 6.09 Å². The van der Waals surface area contributed by atoms with Gasteiger partial charge in [-0.15, -0.1) is 5.10 Å². The summed E-state index contributed by atoms with van der Waals surface area (Å²) in [4.78, 5) is 22.9. The fraction of sp³-hybridized carbons (Fsp3) is 0.500. The van der Waals surface area contributed by atoms with Gasteiger partial charge < -0.3 is 10.1 Å². The number of nitrogens with one attached hydrogen (secondary N) is 1. The number of thiocarbonyl (C=S) groups is 1. The highest BCUT2D eigenvalue weighted by Crippen LogP contribution is 2.20. The third-order valence-electron chi connectivity index (χ3n) is 3.45. The highest BCUT2D eigenvalue weighted by atomic mass is 32.1. The van der Waals surface area contributed by atoms with Crippen molar-refractivity contribution in [1.82, 2.24) is 20.3 Å². The highest BCUT2D eigenvalue weighted by molar-refractivity contribution is 7.80. The average molecular weight is 379 g/mol. The van der Waals surface area contributed by atoms with Crippen molar-refractivity contribution in [3.05, 3.63) is 28.3 Å². The Morgan fingerprint density at radius 2 is 2.04 bits per heavy atom. The number of hydrogen-bond donors (Lipinski definition) is 1. The smallest absolute Gasteiger partial charge is 0.408 e. The molecule has 0 aliphatic rings. The Balaban J connectivity index is 2.34. The first-order valence-corrected chi connectivity index (χ1v) is 8.44. The molecule has 0 aliphatic heterocycles. The summed E-state index contributed by atoms with van der Waals surface area (Å²) in [6, 6.07) is 3.64. The molecule has 1 atom stereocenters. The first-order valence-electron chi connectivity index (χ1n) is 8.03. The number of ether oxygens (including phenoxy) is 1. The van der Waals surface area contributed by atoms with Gasteiger partial charge in [0, 0.05) is 12.1 Å². The molecule has 1 unspecified atom stereocenters. The Hall–Kier alpha value is -2.62. The Labute approximate surface area is 155 Å². The Morgan fingerprint density at radius 1 is 1.38 bits per heavy atom. The van der Waals surface area contributed by atoms with Crippen LogP contribution in [0.5, 0.6) is 0 Å². The molecule has 0 spiro atoms. The number of fused-ring (bicyclic) bond motifs is 1. The van der Waals surface area contributed by atoms with Gasteiger partial charge in [-0.2, -0.15) is 0 Å². The largest absolute Gasteiger partial charge is 0.444 e. The van der Waals surface area contributed by atoms with E-state index in [-0.39, 0.29) is 16.6 Å². The number of benzene rings is 1. The number of rotatable bonds is 4. The lowest BCUT2D eigenvalue weighted by molar-refractivity contribution is -0.384. The number of aromatic nitrogens is 3. The van der Waals surface area contributed by atoms with Gasteiger partial charge in [0.15, 0.2) is 0 Å². The third-order valence-corrected chi connectivity index (χ3v) is 3.88. The summed E-state index contributed by atoms with van der Waals surface area (Å²) in [6.07, 6.45) is -0.603. The Kier molecular flexibility index (Phi) is 5.55. The molecule has 9 nitrogen and oxygen atoms in total. The van der Waals surface area contributed by atoms with Gasteiger partial charge in [-0.25, -0.2) is 9.48 Å². The molecule has 1 amide bonds. The van der Waals surface area contributed by atoms with E-state index in [1.807, 2.05) is 13.8 Å². The number of non-ortho nitro benzene ring substituents is 1. The number of nitrogens with zero attached hydrogens (tertiary/aromatic N) is 4. The molecule has 2 rings (SSSR count). The molecule has 1 aromatic heterocycles. The molecular formula is C16H21N5O4S. The number of nitro benzene ring substituents is 1. The molecular weight excluding hydrogens is 358 g/mol. The standard InChI is InChI=1S/C16H21N5O4S/c1-9(2)13(17-15(22)25-16(3,4)5)14(26)20-12-8-10(21(23)24)6-7-11(12)18-19-20/h6-9,13H,1-5H3,(H,17,22). The van der Waals surface area contributed by atoms with Crippen molar-refractivity contribution < 1.29 is 14.5 Å². The van der Waals surface area contributed by atoms with Crippen molar-refractivity contribution in [3.8, 4) is 0 Å². The van der Waals surface area contributed by atoms with E-state index in [4.69, 9.17) is 17.0 Å². The summed E-state index contributed by atoms with van der Waals surface area (Å²) in [5, 5.41) is 21.7. The molecule has 2 aromatic rings.